The molecule has 1 aromatic rings. The lowest BCUT2D eigenvalue weighted by atomic mass is 10.3. The van der Waals surface area contributed by atoms with Crippen molar-refractivity contribution in [3.63, 3.8) is 0 Å². The van der Waals surface area contributed by atoms with Gasteiger partial charge >= 0.3 is 0 Å². The number of anilines is 1. The Morgan fingerprint density at radius 3 is 2.91 bits per heavy atom. The summed E-state index contributed by atoms with van der Waals surface area (Å²) in [6, 6.07) is 4.51. The van der Waals surface area contributed by atoms with E-state index in [9.17, 15) is 4.39 Å². The molecule has 0 fully saturated rings. The van der Waals surface area contributed by atoms with E-state index < -0.39 is 5.82 Å². The minimum Gasteiger partial charge on any atom is -0.492 e. The Hall–Kier alpha value is -1.25. The van der Waals surface area contributed by atoms with Crippen LogP contribution in [0.4, 0.5) is 10.1 Å². The summed E-state index contributed by atoms with van der Waals surface area (Å²) in [4.78, 5) is 0. The summed E-state index contributed by atoms with van der Waals surface area (Å²) in [6.07, 6.45) is 0. The largest absolute Gasteiger partial charge is 0.492 e. The van der Waals surface area contributed by atoms with Gasteiger partial charge in [0.1, 0.15) is 17.3 Å². The molecule has 0 aliphatic rings. The Morgan fingerprint density at radius 1 is 1.55 bits per heavy atom. The van der Waals surface area contributed by atoms with E-state index in [2.05, 4.69) is 0 Å². The maximum absolute atomic E-state index is 12.7. The third kappa shape index (κ3) is 1.61. The summed E-state index contributed by atoms with van der Waals surface area (Å²) in [7, 11) is 0. The highest BCUT2D eigenvalue weighted by atomic mass is 19.1. The van der Waals surface area contributed by atoms with Gasteiger partial charge in [0.2, 0.25) is 0 Å². The molecule has 0 bridgehead atoms. The molecule has 0 saturated heterocycles. The molecule has 3 heteroatoms. The van der Waals surface area contributed by atoms with Crippen LogP contribution in [-0.4, -0.2) is 6.61 Å². The molecule has 2 N–H and O–H groups in total. The SMILES string of the molecule is CCOc1cccc(F)c1N. The van der Waals surface area contributed by atoms with Crippen LogP contribution >= 0.6 is 0 Å². The maximum Gasteiger partial charge on any atom is 0.149 e. The molecule has 0 amide bonds. The number of hydrogen-bond acceptors (Lipinski definition) is 2. The zero-order valence-corrected chi connectivity index (χ0v) is 6.30. The first-order valence-electron chi connectivity index (χ1n) is 3.42. The van der Waals surface area contributed by atoms with E-state index in [0.717, 1.165) is 0 Å². The van der Waals surface area contributed by atoms with Crippen LogP contribution < -0.4 is 10.5 Å². The average Bonchev–Trinajstić information content (AvgIpc) is 1.99. The number of para-hydroxylation sites is 1. The molecule has 1 rings (SSSR count). The maximum atomic E-state index is 12.7. The van der Waals surface area contributed by atoms with Crippen molar-refractivity contribution in [2.24, 2.45) is 0 Å². The van der Waals surface area contributed by atoms with Crippen LogP contribution in [0, 0.1) is 5.82 Å². The molecule has 0 aliphatic carbocycles. The molecule has 0 aliphatic heterocycles. The molecule has 11 heavy (non-hydrogen) atoms. The molecule has 60 valence electrons. The Balaban J connectivity index is 2.96. The average molecular weight is 155 g/mol. The van der Waals surface area contributed by atoms with Crippen LogP contribution in [0.25, 0.3) is 0 Å². The first-order valence-corrected chi connectivity index (χ1v) is 3.42. The number of nitrogens with two attached hydrogens (primary N) is 1. The first-order chi connectivity index (χ1) is 5.25. The van der Waals surface area contributed by atoms with Crippen LogP contribution in [0.5, 0.6) is 5.75 Å². The molecule has 0 aromatic heterocycles. The minimum atomic E-state index is -0.434. The Bertz CT molecular complexity index is 250. The van der Waals surface area contributed by atoms with Gasteiger partial charge in [0.05, 0.1) is 6.61 Å². The lowest BCUT2D eigenvalue weighted by Crippen LogP contribution is -1.98. The Labute approximate surface area is 64.8 Å². The molecular weight excluding hydrogens is 145 g/mol. The van der Waals surface area contributed by atoms with E-state index in [4.69, 9.17) is 10.5 Å². The second kappa shape index (κ2) is 3.23. The molecule has 0 spiro atoms. The van der Waals surface area contributed by atoms with Crippen molar-refractivity contribution in [1.82, 2.24) is 0 Å². The fourth-order valence-electron chi connectivity index (χ4n) is 0.799. The normalized spacial score (nSPS) is 9.64. The summed E-state index contributed by atoms with van der Waals surface area (Å²) in [5, 5.41) is 0. The summed E-state index contributed by atoms with van der Waals surface area (Å²) in [5.74, 6) is -0.0246. The van der Waals surface area contributed by atoms with Crippen molar-refractivity contribution in [1.29, 1.82) is 0 Å². The molecular formula is C8H10FNO. The van der Waals surface area contributed by atoms with E-state index in [0.29, 0.717) is 12.4 Å². The highest BCUT2D eigenvalue weighted by molar-refractivity contribution is 5.53. The number of halogens is 1. The first kappa shape index (κ1) is 7.85. The van der Waals surface area contributed by atoms with Crippen LogP contribution in [0.15, 0.2) is 18.2 Å². The van der Waals surface area contributed by atoms with Crippen molar-refractivity contribution in [2.45, 2.75) is 6.92 Å². The minimum absolute atomic E-state index is 0.0781. The predicted octanol–water partition coefficient (Wildman–Crippen LogP) is 1.81. The molecule has 2 nitrogen and oxygen atoms in total. The van der Waals surface area contributed by atoms with Crippen LogP contribution in [0.2, 0.25) is 0 Å². The highest BCUT2D eigenvalue weighted by Gasteiger charge is 2.02. The zero-order chi connectivity index (χ0) is 8.27. The van der Waals surface area contributed by atoms with E-state index in [1.54, 1.807) is 12.1 Å². The summed E-state index contributed by atoms with van der Waals surface area (Å²) in [5.41, 5.74) is 5.45. The zero-order valence-electron chi connectivity index (χ0n) is 6.30. The second-order valence-electron chi connectivity index (χ2n) is 2.08. The molecule has 0 radical (unpaired) electrons. The number of nitrogen functional groups attached to an aromatic ring is 1. The van der Waals surface area contributed by atoms with Crippen molar-refractivity contribution in [3.05, 3.63) is 24.0 Å². The van der Waals surface area contributed by atoms with Gasteiger partial charge in [0, 0.05) is 0 Å². The molecule has 0 heterocycles. The predicted molar refractivity (Wildman–Crippen MR) is 42.0 cm³/mol. The summed E-state index contributed by atoms with van der Waals surface area (Å²) >= 11 is 0. The van der Waals surface area contributed by atoms with Gasteiger partial charge in [-0.3, -0.25) is 0 Å². The molecule has 1 aromatic carbocycles. The van der Waals surface area contributed by atoms with Crippen LogP contribution in [0.3, 0.4) is 0 Å². The van der Waals surface area contributed by atoms with Gasteiger partial charge in [-0.1, -0.05) is 6.07 Å². The topological polar surface area (TPSA) is 35.2 Å². The Kier molecular flexibility index (Phi) is 2.31. The van der Waals surface area contributed by atoms with Crippen LogP contribution in [0.1, 0.15) is 6.92 Å². The number of ether oxygens (including phenoxy) is 1. The smallest absolute Gasteiger partial charge is 0.149 e. The van der Waals surface area contributed by atoms with Gasteiger partial charge in [0.15, 0.2) is 0 Å². The van der Waals surface area contributed by atoms with Gasteiger partial charge in [-0.05, 0) is 19.1 Å². The standard InChI is InChI=1S/C8H10FNO/c1-2-11-7-5-3-4-6(9)8(7)10/h3-5H,2,10H2,1H3. The number of hydrogen-bond donors (Lipinski definition) is 1. The van der Waals surface area contributed by atoms with E-state index in [-0.39, 0.29) is 5.69 Å². The van der Waals surface area contributed by atoms with Gasteiger partial charge in [-0.15, -0.1) is 0 Å². The molecule has 0 atom stereocenters. The highest BCUT2D eigenvalue weighted by Crippen LogP contribution is 2.23. The quantitative estimate of drug-likeness (QED) is 0.661. The molecule has 0 unspecified atom stereocenters. The van der Waals surface area contributed by atoms with Crippen molar-refractivity contribution >= 4 is 5.69 Å². The Morgan fingerprint density at radius 2 is 2.27 bits per heavy atom. The van der Waals surface area contributed by atoms with Gasteiger partial charge < -0.3 is 10.5 Å². The third-order valence-electron chi connectivity index (χ3n) is 1.31. The molecule has 0 saturated carbocycles. The van der Waals surface area contributed by atoms with Gasteiger partial charge in [-0.25, -0.2) is 4.39 Å². The lowest BCUT2D eigenvalue weighted by Gasteiger charge is -2.05. The second-order valence-corrected chi connectivity index (χ2v) is 2.08. The van der Waals surface area contributed by atoms with E-state index >= 15 is 0 Å². The fourth-order valence-corrected chi connectivity index (χ4v) is 0.799. The van der Waals surface area contributed by atoms with Gasteiger partial charge in [0.25, 0.3) is 0 Å². The summed E-state index contributed by atoms with van der Waals surface area (Å²) in [6.45, 7) is 2.32. The lowest BCUT2D eigenvalue weighted by molar-refractivity contribution is 0.340. The van der Waals surface area contributed by atoms with Crippen LogP contribution in [-0.2, 0) is 0 Å². The van der Waals surface area contributed by atoms with E-state index in [1.807, 2.05) is 6.92 Å². The van der Waals surface area contributed by atoms with Gasteiger partial charge in [-0.2, -0.15) is 0 Å². The van der Waals surface area contributed by atoms with Crippen molar-refractivity contribution < 1.29 is 9.13 Å². The fraction of sp³-hybridized carbons (Fsp3) is 0.250. The van der Waals surface area contributed by atoms with Crippen molar-refractivity contribution in [3.8, 4) is 5.75 Å². The summed E-state index contributed by atoms with van der Waals surface area (Å²) < 4.78 is 17.7. The monoisotopic (exact) mass is 155 g/mol. The van der Waals surface area contributed by atoms with Crippen molar-refractivity contribution in [2.75, 3.05) is 12.3 Å². The number of rotatable bonds is 2. The van der Waals surface area contributed by atoms with E-state index in [1.165, 1.54) is 6.07 Å². The number of benzene rings is 1. The third-order valence-corrected chi connectivity index (χ3v) is 1.31.